The number of halogens is 2. The van der Waals surface area contributed by atoms with Crippen LogP contribution < -0.4 is 0 Å². The molecule has 0 bridgehead atoms. The Labute approximate surface area is 191 Å². The summed E-state index contributed by atoms with van der Waals surface area (Å²) in [6.45, 7) is 0. The zero-order chi connectivity index (χ0) is 20.2. The van der Waals surface area contributed by atoms with Gasteiger partial charge in [-0.2, -0.15) is 0 Å². The third-order valence-electron chi connectivity index (χ3n) is 5.98. The van der Waals surface area contributed by atoms with Crippen LogP contribution in [0.15, 0.2) is 106 Å². The second-order valence-corrected chi connectivity index (χ2v) is 9.49. The summed E-state index contributed by atoms with van der Waals surface area (Å²) in [6, 6.07) is 35.3. The molecule has 6 aromatic carbocycles. The zero-order valence-corrected chi connectivity index (χ0v) is 19.2. The molecule has 0 aliphatic rings. The summed E-state index contributed by atoms with van der Waals surface area (Å²) in [5, 5.41) is 7.89. The van der Waals surface area contributed by atoms with Crippen molar-refractivity contribution in [3.05, 3.63) is 106 Å². The van der Waals surface area contributed by atoms with Gasteiger partial charge in [-0.15, -0.1) is 0 Å². The maximum Gasteiger partial charge on any atom is 0.0175 e. The van der Waals surface area contributed by atoms with Crippen LogP contribution in [0.1, 0.15) is 0 Å². The number of hydrogen-bond acceptors (Lipinski definition) is 0. The van der Waals surface area contributed by atoms with E-state index in [0.717, 1.165) is 8.95 Å². The molecule has 30 heavy (non-hydrogen) atoms. The first kappa shape index (κ1) is 18.1. The molecule has 0 aliphatic heterocycles. The van der Waals surface area contributed by atoms with Crippen molar-refractivity contribution in [1.82, 2.24) is 0 Å². The predicted octanol–water partition coefficient (Wildman–Crippen LogP) is 9.44. The highest BCUT2D eigenvalue weighted by Crippen LogP contribution is 2.42. The Kier molecular flexibility index (Phi) is 4.19. The summed E-state index contributed by atoms with van der Waals surface area (Å²) in [5.41, 5.74) is 5.03. The van der Waals surface area contributed by atoms with Crippen LogP contribution in [0.25, 0.3) is 54.6 Å². The summed E-state index contributed by atoms with van der Waals surface area (Å²) in [6.07, 6.45) is 0. The van der Waals surface area contributed by atoms with Gasteiger partial charge >= 0.3 is 0 Å². The Morgan fingerprint density at radius 3 is 1.13 bits per heavy atom. The average Bonchev–Trinajstić information content (AvgIpc) is 2.78. The van der Waals surface area contributed by atoms with Crippen molar-refractivity contribution in [2.75, 3.05) is 0 Å². The van der Waals surface area contributed by atoms with E-state index in [2.05, 4.69) is 129 Å². The molecule has 0 nitrogen and oxygen atoms in total. The Bertz CT molecular complexity index is 1410. The van der Waals surface area contributed by atoms with Crippen LogP contribution in [-0.2, 0) is 0 Å². The van der Waals surface area contributed by atoms with Crippen molar-refractivity contribution >= 4 is 64.2 Å². The Morgan fingerprint density at radius 1 is 0.367 bits per heavy atom. The van der Waals surface area contributed by atoms with Gasteiger partial charge in [0.15, 0.2) is 0 Å². The minimum Gasteiger partial charge on any atom is -0.0537 e. The molecule has 2 heteroatoms. The first-order valence-electron chi connectivity index (χ1n) is 9.91. The van der Waals surface area contributed by atoms with E-state index >= 15 is 0 Å². The van der Waals surface area contributed by atoms with Crippen LogP contribution in [0.4, 0.5) is 0 Å². The molecule has 0 aliphatic carbocycles. The van der Waals surface area contributed by atoms with Gasteiger partial charge in [0.05, 0.1) is 0 Å². The molecule has 0 heterocycles. The molecule has 0 aromatic heterocycles. The molecule has 142 valence electrons. The van der Waals surface area contributed by atoms with Gasteiger partial charge in [-0.3, -0.25) is 0 Å². The van der Waals surface area contributed by atoms with Gasteiger partial charge in [0.2, 0.25) is 0 Å². The number of hydrogen-bond donors (Lipinski definition) is 0. The summed E-state index contributed by atoms with van der Waals surface area (Å²) >= 11 is 7.11. The van der Waals surface area contributed by atoms with Crippen molar-refractivity contribution < 1.29 is 0 Å². The highest BCUT2D eigenvalue weighted by atomic mass is 79.9. The van der Waals surface area contributed by atoms with Crippen molar-refractivity contribution in [1.29, 1.82) is 0 Å². The third kappa shape index (κ3) is 2.79. The quantitative estimate of drug-likeness (QED) is 0.203. The van der Waals surface area contributed by atoms with Crippen LogP contribution in [0.2, 0.25) is 0 Å². The maximum absolute atomic E-state index is 3.55. The summed E-state index contributed by atoms with van der Waals surface area (Å²) in [7, 11) is 0. The molecule has 0 saturated carbocycles. The van der Waals surface area contributed by atoms with Gasteiger partial charge in [0, 0.05) is 8.95 Å². The van der Waals surface area contributed by atoms with E-state index in [9.17, 15) is 0 Å². The number of rotatable bonds is 2. The molecule has 0 saturated heterocycles. The van der Waals surface area contributed by atoms with E-state index in [0.29, 0.717) is 0 Å². The van der Waals surface area contributed by atoms with Crippen LogP contribution in [-0.4, -0.2) is 0 Å². The van der Waals surface area contributed by atoms with Crippen molar-refractivity contribution in [2.24, 2.45) is 0 Å². The normalized spacial score (nSPS) is 11.7. The molecule has 0 amide bonds. The predicted molar refractivity (Wildman–Crippen MR) is 136 cm³/mol. The molecular weight excluding hydrogens is 496 g/mol. The Balaban J connectivity index is 1.71. The van der Waals surface area contributed by atoms with Crippen LogP contribution in [0, 0.1) is 0 Å². The van der Waals surface area contributed by atoms with Crippen molar-refractivity contribution in [3.63, 3.8) is 0 Å². The lowest BCUT2D eigenvalue weighted by Crippen LogP contribution is -1.89. The van der Waals surface area contributed by atoms with Gasteiger partial charge in [-0.25, -0.2) is 0 Å². The first-order valence-corrected chi connectivity index (χ1v) is 11.5. The maximum atomic E-state index is 3.55. The fourth-order valence-electron chi connectivity index (χ4n) is 4.56. The monoisotopic (exact) mass is 510 g/mol. The summed E-state index contributed by atoms with van der Waals surface area (Å²) in [4.78, 5) is 0. The summed E-state index contributed by atoms with van der Waals surface area (Å²) < 4.78 is 2.20. The third-order valence-corrected chi connectivity index (χ3v) is 7.03. The second kappa shape index (κ2) is 6.94. The molecule has 0 radical (unpaired) electrons. The van der Waals surface area contributed by atoms with Gasteiger partial charge in [-0.05, 0) is 78.8 Å². The molecule has 0 N–H and O–H groups in total. The van der Waals surface area contributed by atoms with Crippen molar-refractivity contribution in [2.45, 2.75) is 0 Å². The number of benzene rings is 6. The van der Waals surface area contributed by atoms with E-state index in [1.807, 2.05) is 0 Å². The minimum atomic E-state index is 1.10. The fourth-order valence-corrected chi connectivity index (χ4v) is 5.09. The second-order valence-electron chi connectivity index (χ2n) is 7.66. The lowest BCUT2D eigenvalue weighted by molar-refractivity contribution is 1.62. The molecular formula is C28H16Br2. The molecule has 6 rings (SSSR count). The van der Waals surface area contributed by atoms with E-state index in [1.54, 1.807) is 0 Å². The molecule has 0 atom stereocenters. The van der Waals surface area contributed by atoms with E-state index in [1.165, 1.54) is 54.6 Å². The van der Waals surface area contributed by atoms with Crippen molar-refractivity contribution in [3.8, 4) is 22.3 Å². The standard InChI is InChI=1S/C28H16Br2/c29-21-9-1-17(2-10-21)23-13-5-19-8-16-26-24(18-3-11-22(30)12-4-18)14-6-20-7-15-25(23)27(19)28(20)26/h1-16H. The summed E-state index contributed by atoms with van der Waals surface area (Å²) in [5.74, 6) is 0. The van der Waals surface area contributed by atoms with Gasteiger partial charge in [0.25, 0.3) is 0 Å². The largest absolute Gasteiger partial charge is 0.0537 e. The lowest BCUT2D eigenvalue weighted by Gasteiger charge is -2.16. The Hall–Kier alpha value is -2.68. The van der Waals surface area contributed by atoms with Crippen LogP contribution >= 0.6 is 31.9 Å². The van der Waals surface area contributed by atoms with E-state index in [4.69, 9.17) is 0 Å². The molecule has 0 unspecified atom stereocenters. The highest BCUT2D eigenvalue weighted by Gasteiger charge is 2.14. The first-order chi connectivity index (χ1) is 14.7. The fraction of sp³-hybridized carbons (Fsp3) is 0. The molecule has 6 aromatic rings. The smallest absolute Gasteiger partial charge is 0.0175 e. The van der Waals surface area contributed by atoms with Gasteiger partial charge < -0.3 is 0 Å². The van der Waals surface area contributed by atoms with Crippen LogP contribution in [0.5, 0.6) is 0 Å². The average molecular weight is 512 g/mol. The lowest BCUT2D eigenvalue weighted by atomic mass is 9.87. The van der Waals surface area contributed by atoms with E-state index in [-0.39, 0.29) is 0 Å². The van der Waals surface area contributed by atoms with Gasteiger partial charge in [0.1, 0.15) is 0 Å². The van der Waals surface area contributed by atoms with Crippen LogP contribution in [0.3, 0.4) is 0 Å². The van der Waals surface area contributed by atoms with Gasteiger partial charge in [-0.1, -0.05) is 105 Å². The Morgan fingerprint density at radius 2 is 0.733 bits per heavy atom. The minimum absolute atomic E-state index is 1.10. The SMILES string of the molecule is Brc1ccc(-c2ccc3ccc4c(-c5ccc(Br)cc5)ccc5ccc2c3c54)cc1. The molecule has 0 spiro atoms. The zero-order valence-electron chi connectivity index (χ0n) is 16.0. The topological polar surface area (TPSA) is 0 Å². The highest BCUT2D eigenvalue weighted by molar-refractivity contribution is 9.10. The molecule has 0 fully saturated rings. The van der Waals surface area contributed by atoms with E-state index < -0.39 is 0 Å².